The van der Waals surface area contributed by atoms with E-state index in [9.17, 15) is 4.79 Å². The molecule has 3 aromatic rings. The summed E-state index contributed by atoms with van der Waals surface area (Å²) in [6.07, 6.45) is 0. The second-order valence-corrected chi connectivity index (χ2v) is 4.95. The number of rotatable bonds is 3. The summed E-state index contributed by atoms with van der Waals surface area (Å²) in [4.78, 5) is 11.8. The molecule has 1 heterocycles. The summed E-state index contributed by atoms with van der Waals surface area (Å²) in [5.41, 5.74) is 3.98. The first-order valence-corrected chi connectivity index (χ1v) is 7.02. The molecule has 21 heavy (non-hydrogen) atoms. The fraction of sp³-hybridized carbons (Fsp3) is 0.167. The van der Waals surface area contributed by atoms with E-state index in [0.717, 1.165) is 22.2 Å². The monoisotopic (exact) mass is 279 g/mol. The van der Waals surface area contributed by atoms with Crippen LogP contribution < -0.4 is 0 Å². The molecule has 0 saturated carbocycles. The third-order valence-corrected chi connectivity index (χ3v) is 3.62. The first-order chi connectivity index (χ1) is 10.2. The van der Waals surface area contributed by atoms with Crippen LogP contribution in [0.15, 0.2) is 54.6 Å². The minimum atomic E-state index is -0.274. The van der Waals surface area contributed by atoms with Gasteiger partial charge in [-0.25, -0.2) is 4.79 Å². The van der Waals surface area contributed by atoms with Crippen LogP contribution in [0.5, 0.6) is 0 Å². The maximum atomic E-state index is 11.8. The molecule has 0 radical (unpaired) electrons. The fourth-order valence-corrected chi connectivity index (χ4v) is 2.58. The zero-order valence-electron chi connectivity index (χ0n) is 12.2. The van der Waals surface area contributed by atoms with Gasteiger partial charge in [-0.15, -0.1) is 0 Å². The van der Waals surface area contributed by atoms with Crippen molar-refractivity contribution < 1.29 is 9.53 Å². The number of hydrogen-bond acceptors (Lipinski definition) is 2. The van der Waals surface area contributed by atoms with Crippen LogP contribution >= 0.6 is 0 Å². The predicted octanol–water partition coefficient (Wildman–Crippen LogP) is 4.02. The minimum absolute atomic E-state index is 0.274. The molecule has 0 aliphatic rings. The van der Waals surface area contributed by atoms with Gasteiger partial charge in [0.25, 0.3) is 0 Å². The summed E-state index contributed by atoms with van der Waals surface area (Å²) in [5, 5.41) is 1.04. The highest BCUT2D eigenvalue weighted by Gasteiger charge is 2.11. The second kappa shape index (κ2) is 5.44. The van der Waals surface area contributed by atoms with Crippen molar-refractivity contribution in [2.24, 2.45) is 7.05 Å². The van der Waals surface area contributed by atoms with Crippen molar-refractivity contribution in [3.63, 3.8) is 0 Å². The van der Waals surface area contributed by atoms with Crippen LogP contribution in [-0.4, -0.2) is 17.1 Å². The molecule has 0 aliphatic heterocycles. The molecule has 0 saturated heterocycles. The van der Waals surface area contributed by atoms with E-state index in [-0.39, 0.29) is 5.97 Å². The van der Waals surface area contributed by atoms with Gasteiger partial charge in [0.15, 0.2) is 0 Å². The Balaban J connectivity index is 2.10. The summed E-state index contributed by atoms with van der Waals surface area (Å²) in [7, 11) is 2.04. The van der Waals surface area contributed by atoms with E-state index >= 15 is 0 Å². The maximum absolute atomic E-state index is 11.8. The molecule has 3 rings (SSSR count). The number of benzene rings is 2. The summed E-state index contributed by atoms with van der Waals surface area (Å²) in [5.74, 6) is -0.274. The molecule has 2 aromatic carbocycles. The largest absolute Gasteiger partial charge is 0.462 e. The van der Waals surface area contributed by atoms with E-state index in [1.807, 2.05) is 50.4 Å². The lowest BCUT2D eigenvalue weighted by Crippen LogP contribution is -2.04. The molecular weight excluding hydrogens is 262 g/mol. The number of fused-ring (bicyclic) bond motifs is 1. The van der Waals surface area contributed by atoms with E-state index < -0.39 is 0 Å². The molecule has 0 unspecified atom stereocenters. The average molecular weight is 279 g/mol. The minimum Gasteiger partial charge on any atom is -0.462 e. The van der Waals surface area contributed by atoms with Crippen LogP contribution in [0.3, 0.4) is 0 Å². The van der Waals surface area contributed by atoms with Gasteiger partial charge in [0.2, 0.25) is 0 Å². The van der Waals surface area contributed by atoms with Gasteiger partial charge in [0.05, 0.1) is 12.2 Å². The number of aromatic nitrogens is 1. The Morgan fingerprint density at radius 3 is 2.57 bits per heavy atom. The lowest BCUT2D eigenvalue weighted by molar-refractivity contribution is 0.0526. The van der Waals surface area contributed by atoms with Gasteiger partial charge in [0, 0.05) is 23.6 Å². The van der Waals surface area contributed by atoms with Gasteiger partial charge in [-0.1, -0.05) is 30.3 Å². The van der Waals surface area contributed by atoms with Gasteiger partial charge < -0.3 is 9.30 Å². The molecular formula is C18H17NO2. The molecule has 0 fully saturated rings. The smallest absolute Gasteiger partial charge is 0.338 e. The molecule has 3 heteroatoms. The Kier molecular flexibility index (Phi) is 3.48. The van der Waals surface area contributed by atoms with Crippen LogP contribution in [0.4, 0.5) is 0 Å². The molecule has 0 N–H and O–H groups in total. The van der Waals surface area contributed by atoms with Crippen molar-refractivity contribution in [1.82, 2.24) is 4.57 Å². The highest BCUT2D eigenvalue weighted by Crippen LogP contribution is 2.27. The number of hydrogen-bond donors (Lipinski definition) is 0. The first-order valence-electron chi connectivity index (χ1n) is 7.02. The number of nitrogens with zero attached hydrogens (tertiary/aromatic N) is 1. The quantitative estimate of drug-likeness (QED) is 0.678. The van der Waals surface area contributed by atoms with Crippen LogP contribution in [0, 0.1) is 0 Å². The average Bonchev–Trinajstić information content (AvgIpc) is 2.85. The third-order valence-electron chi connectivity index (χ3n) is 3.62. The summed E-state index contributed by atoms with van der Waals surface area (Å²) in [6, 6.07) is 18.0. The third kappa shape index (κ3) is 2.42. The Morgan fingerprint density at radius 1 is 1.10 bits per heavy atom. The van der Waals surface area contributed by atoms with Gasteiger partial charge in [-0.2, -0.15) is 0 Å². The van der Waals surface area contributed by atoms with Gasteiger partial charge in [0.1, 0.15) is 0 Å². The zero-order chi connectivity index (χ0) is 14.8. The molecule has 0 atom stereocenters. The SMILES string of the molecule is CCOC(=O)c1ccc2c(c1)cc(-c1ccccc1)n2C. The van der Waals surface area contributed by atoms with Crippen LogP contribution in [0.2, 0.25) is 0 Å². The Labute approximate surface area is 123 Å². The topological polar surface area (TPSA) is 31.2 Å². The Hall–Kier alpha value is -2.55. The van der Waals surface area contributed by atoms with E-state index in [2.05, 4.69) is 22.8 Å². The van der Waals surface area contributed by atoms with Crippen molar-refractivity contribution in [3.05, 3.63) is 60.2 Å². The molecule has 0 aliphatic carbocycles. The van der Waals surface area contributed by atoms with Crippen molar-refractivity contribution in [3.8, 4) is 11.3 Å². The number of carbonyl (C=O) groups is 1. The number of aryl methyl sites for hydroxylation is 1. The first kappa shape index (κ1) is 13.4. The standard InChI is InChI=1S/C18H17NO2/c1-3-21-18(20)14-9-10-16-15(11-14)12-17(19(16)2)13-7-5-4-6-8-13/h4-12H,3H2,1-2H3. The second-order valence-electron chi connectivity index (χ2n) is 4.95. The van der Waals surface area contributed by atoms with E-state index in [4.69, 9.17) is 4.74 Å². The predicted molar refractivity (Wildman–Crippen MR) is 84.3 cm³/mol. The van der Waals surface area contributed by atoms with E-state index in [1.54, 1.807) is 0 Å². The van der Waals surface area contributed by atoms with Crippen LogP contribution in [0.25, 0.3) is 22.2 Å². The van der Waals surface area contributed by atoms with Crippen LogP contribution in [-0.2, 0) is 11.8 Å². The summed E-state index contributed by atoms with van der Waals surface area (Å²) < 4.78 is 7.19. The fourth-order valence-electron chi connectivity index (χ4n) is 2.58. The molecule has 0 amide bonds. The highest BCUT2D eigenvalue weighted by molar-refractivity contribution is 5.96. The molecule has 0 spiro atoms. The van der Waals surface area contributed by atoms with Crippen molar-refractivity contribution in [2.75, 3.05) is 6.61 Å². The van der Waals surface area contributed by atoms with Crippen molar-refractivity contribution in [1.29, 1.82) is 0 Å². The highest BCUT2D eigenvalue weighted by atomic mass is 16.5. The van der Waals surface area contributed by atoms with E-state index in [1.165, 1.54) is 0 Å². The zero-order valence-corrected chi connectivity index (χ0v) is 12.2. The summed E-state index contributed by atoms with van der Waals surface area (Å²) >= 11 is 0. The number of ether oxygens (including phenoxy) is 1. The van der Waals surface area contributed by atoms with Gasteiger partial charge in [-0.3, -0.25) is 0 Å². The molecule has 106 valence electrons. The number of carbonyl (C=O) groups excluding carboxylic acids is 1. The van der Waals surface area contributed by atoms with Gasteiger partial charge >= 0.3 is 5.97 Å². The normalized spacial score (nSPS) is 10.8. The lowest BCUT2D eigenvalue weighted by Gasteiger charge is -2.04. The van der Waals surface area contributed by atoms with Crippen molar-refractivity contribution >= 4 is 16.9 Å². The lowest BCUT2D eigenvalue weighted by atomic mass is 10.1. The maximum Gasteiger partial charge on any atom is 0.338 e. The summed E-state index contributed by atoms with van der Waals surface area (Å²) in [6.45, 7) is 2.20. The van der Waals surface area contributed by atoms with E-state index in [0.29, 0.717) is 12.2 Å². The Bertz CT molecular complexity index is 788. The molecule has 0 bridgehead atoms. The van der Waals surface area contributed by atoms with Gasteiger partial charge in [-0.05, 0) is 36.8 Å². The van der Waals surface area contributed by atoms with Crippen molar-refractivity contribution in [2.45, 2.75) is 6.92 Å². The molecule has 1 aromatic heterocycles. The molecule has 3 nitrogen and oxygen atoms in total. The Morgan fingerprint density at radius 2 is 1.86 bits per heavy atom. The van der Waals surface area contributed by atoms with Crippen LogP contribution in [0.1, 0.15) is 17.3 Å². The number of esters is 1.